The quantitative estimate of drug-likeness (QED) is 0.819. The highest BCUT2D eigenvalue weighted by molar-refractivity contribution is 7.14. The Labute approximate surface area is 148 Å². The zero-order valence-electron chi connectivity index (χ0n) is 13.7. The summed E-state index contributed by atoms with van der Waals surface area (Å²) in [4.78, 5) is 42.1. The second-order valence-corrected chi connectivity index (χ2v) is 6.29. The number of carbonyl (C=O) groups excluding carboxylic acids is 3. The summed E-state index contributed by atoms with van der Waals surface area (Å²) in [6.07, 6.45) is 0. The molecule has 0 radical (unpaired) electrons. The number of carbonyl (C=O) groups is 3. The number of urea groups is 1. The summed E-state index contributed by atoms with van der Waals surface area (Å²) in [5.41, 5.74) is 1.61. The molecule has 25 heavy (non-hydrogen) atoms. The van der Waals surface area contributed by atoms with Gasteiger partial charge >= 0.3 is 6.03 Å². The van der Waals surface area contributed by atoms with Gasteiger partial charge in [-0.15, -0.1) is 11.3 Å². The smallest absolute Gasteiger partial charge is 0.327 e. The summed E-state index contributed by atoms with van der Waals surface area (Å²) < 4.78 is 5.11. The van der Waals surface area contributed by atoms with Crippen molar-refractivity contribution < 1.29 is 19.1 Å². The van der Waals surface area contributed by atoms with E-state index >= 15 is 0 Å². The topological polar surface area (TPSA) is 91.8 Å². The standard InChI is InChI=1S/C16H16N4O4S/c1-19-8-14(22)20(16(19)23)7-13(21)18-15-17-12(9-25-15)10-3-5-11(24-2)6-4-10/h3-6,9H,7-8H2,1-2H3,(H,17,18,21). The lowest BCUT2D eigenvalue weighted by Gasteiger charge is -2.12. The van der Waals surface area contributed by atoms with Crippen LogP contribution in [0.25, 0.3) is 11.3 Å². The molecule has 3 rings (SSSR count). The lowest BCUT2D eigenvalue weighted by atomic mass is 10.2. The molecular weight excluding hydrogens is 344 g/mol. The van der Waals surface area contributed by atoms with E-state index in [1.807, 2.05) is 29.6 Å². The van der Waals surface area contributed by atoms with Crippen LogP contribution in [0.2, 0.25) is 0 Å². The van der Waals surface area contributed by atoms with Gasteiger partial charge in [0.15, 0.2) is 5.13 Å². The van der Waals surface area contributed by atoms with Gasteiger partial charge in [0, 0.05) is 18.0 Å². The minimum absolute atomic E-state index is 0.00895. The highest BCUT2D eigenvalue weighted by atomic mass is 32.1. The first-order chi connectivity index (χ1) is 12.0. The number of benzene rings is 1. The summed E-state index contributed by atoms with van der Waals surface area (Å²) in [5, 5.41) is 4.84. The average Bonchev–Trinajstić information content (AvgIpc) is 3.15. The Balaban J connectivity index is 1.63. The van der Waals surface area contributed by atoms with Gasteiger partial charge in [-0.2, -0.15) is 0 Å². The zero-order chi connectivity index (χ0) is 18.0. The number of amides is 4. The van der Waals surface area contributed by atoms with Gasteiger partial charge in [0.2, 0.25) is 5.91 Å². The molecule has 1 aliphatic rings. The molecule has 0 atom stereocenters. The Kier molecular flexibility index (Phi) is 4.66. The second kappa shape index (κ2) is 6.89. The molecule has 4 amide bonds. The molecule has 1 saturated heterocycles. The number of anilines is 1. The molecule has 1 aromatic carbocycles. The molecule has 2 heterocycles. The Morgan fingerprint density at radius 2 is 2.04 bits per heavy atom. The number of likely N-dealkylation sites (N-methyl/N-ethyl adjacent to an activating group) is 1. The van der Waals surface area contributed by atoms with Crippen molar-refractivity contribution in [1.82, 2.24) is 14.8 Å². The summed E-state index contributed by atoms with van der Waals surface area (Å²) in [7, 11) is 3.11. The van der Waals surface area contributed by atoms with E-state index in [1.54, 1.807) is 7.11 Å². The molecule has 1 fully saturated rings. The molecule has 8 nitrogen and oxygen atoms in total. The summed E-state index contributed by atoms with van der Waals surface area (Å²) in [6, 6.07) is 6.92. The molecule has 1 aromatic heterocycles. The zero-order valence-corrected chi connectivity index (χ0v) is 14.5. The number of nitrogens with one attached hydrogen (secondary N) is 1. The molecule has 0 spiro atoms. The lowest BCUT2D eigenvalue weighted by molar-refractivity contribution is -0.129. The number of imide groups is 1. The van der Waals surface area contributed by atoms with Gasteiger partial charge in [-0.25, -0.2) is 9.78 Å². The maximum atomic E-state index is 12.1. The van der Waals surface area contributed by atoms with Crippen molar-refractivity contribution in [3.05, 3.63) is 29.6 Å². The van der Waals surface area contributed by atoms with Gasteiger partial charge in [0.25, 0.3) is 5.91 Å². The number of ether oxygens (including phenoxy) is 1. The van der Waals surface area contributed by atoms with Crippen LogP contribution in [0, 0.1) is 0 Å². The molecule has 130 valence electrons. The van der Waals surface area contributed by atoms with Gasteiger partial charge in [-0.05, 0) is 24.3 Å². The Morgan fingerprint density at radius 1 is 1.32 bits per heavy atom. The van der Waals surface area contributed by atoms with Crippen molar-refractivity contribution in [2.45, 2.75) is 0 Å². The van der Waals surface area contributed by atoms with E-state index < -0.39 is 11.9 Å². The molecule has 1 aliphatic heterocycles. The molecule has 0 unspecified atom stereocenters. The van der Waals surface area contributed by atoms with Crippen LogP contribution in [0.4, 0.5) is 9.93 Å². The van der Waals surface area contributed by atoms with Crippen molar-refractivity contribution in [2.24, 2.45) is 0 Å². The Bertz CT molecular complexity index is 818. The van der Waals surface area contributed by atoms with E-state index in [9.17, 15) is 14.4 Å². The van der Waals surface area contributed by atoms with E-state index in [4.69, 9.17) is 4.74 Å². The molecule has 2 aromatic rings. The highest BCUT2D eigenvalue weighted by Gasteiger charge is 2.34. The summed E-state index contributed by atoms with van der Waals surface area (Å²) in [6.45, 7) is -0.329. The fourth-order valence-electron chi connectivity index (χ4n) is 2.35. The third-order valence-electron chi connectivity index (χ3n) is 3.67. The van der Waals surface area contributed by atoms with Gasteiger partial charge in [0.05, 0.1) is 12.8 Å². The van der Waals surface area contributed by atoms with Crippen LogP contribution in [-0.4, -0.2) is 59.9 Å². The van der Waals surface area contributed by atoms with Crippen molar-refractivity contribution in [2.75, 3.05) is 32.6 Å². The minimum Gasteiger partial charge on any atom is -0.497 e. The number of aromatic nitrogens is 1. The predicted octanol–water partition coefficient (Wildman–Crippen LogP) is 1.65. The van der Waals surface area contributed by atoms with Crippen LogP contribution in [0.3, 0.4) is 0 Å². The van der Waals surface area contributed by atoms with Gasteiger partial charge in [-0.1, -0.05) is 0 Å². The molecule has 0 saturated carbocycles. The third kappa shape index (κ3) is 3.61. The summed E-state index contributed by atoms with van der Waals surface area (Å²) in [5.74, 6) is -0.106. The predicted molar refractivity (Wildman–Crippen MR) is 92.5 cm³/mol. The lowest BCUT2D eigenvalue weighted by Crippen LogP contribution is -2.38. The van der Waals surface area contributed by atoms with E-state index in [-0.39, 0.29) is 19.0 Å². The number of thiazole rings is 1. The van der Waals surface area contributed by atoms with Gasteiger partial charge in [0.1, 0.15) is 18.8 Å². The van der Waals surface area contributed by atoms with Gasteiger partial charge < -0.3 is 15.0 Å². The number of nitrogens with zero attached hydrogens (tertiary/aromatic N) is 3. The average molecular weight is 360 g/mol. The van der Waals surface area contributed by atoms with E-state index in [2.05, 4.69) is 10.3 Å². The van der Waals surface area contributed by atoms with Crippen molar-refractivity contribution >= 4 is 34.3 Å². The normalized spacial score (nSPS) is 14.2. The summed E-state index contributed by atoms with van der Waals surface area (Å²) >= 11 is 1.27. The SMILES string of the molecule is COc1ccc(-c2csc(NC(=O)CN3C(=O)CN(C)C3=O)n2)cc1. The van der Waals surface area contributed by atoms with Crippen molar-refractivity contribution in [1.29, 1.82) is 0 Å². The molecular formula is C16H16N4O4S. The van der Waals surface area contributed by atoms with Gasteiger partial charge in [-0.3, -0.25) is 14.5 Å². The molecule has 0 aliphatic carbocycles. The second-order valence-electron chi connectivity index (χ2n) is 5.43. The maximum Gasteiger partial charge on any atom is 0.327 e. The monoisotopic (exact) mass is 360 g/mol. The third-order valence-corrected chi connectivity index (χ3v) is 4.43. The van der Waals surface area contributed by atoms with Crippen LogP contribution in [0.15, 0.2) is 29.6 Å². The first-order valence-electron chi connectivity index (χ1n) is 7.43. The Hall–Kier alpha value is -2.94. The fraction of sp³-hybridized carbons (Fsp3) is 0.250. The van der Waals surface area contributed by atoms with E-state index in [1.165, 1.54) is 23.3 Å². The number of methoxy groups -OCH3 is 1. The first kappa shape index (κ1) is 16.9. The minimum atomic E-state index is -0.474. The van der Waals surface area contributed by atoms with Crippen LogP contribution in [0.5, 0.6) is 5.75 Å². The maximum absolute atomic E-state index is 12.1. The molecule has 1 N–H and O–H groups in total. The Morgan fingerprint density at radius 3 is 2.64 bits per heavy atom. The largest absolute Gasteiger partial charge is 0.497 e. The van der Waals surface area contributed by atoms with Crippen molar-refractivity contribution in [3.8, 4) is 17.0 Å². The van der Waals surface area contributed by atoms with Crippen LogP contribution in [0.1, 0.15) is 0 Å². The number of rotatable bonds is 5. The van der Waals surface area contributed by atoms with E-state index in [0.717, 1.165) is 21.9 Å². The fourth-order valence-corrected chi connectivity index (χ4v) is 3.09. The number of hydrogen-bond acceptors (Lipinski definition) is 6. The van der Waals surface area contributed by atoms with Crippen molar-refractivity contribution in [3.63, 3.8) is 0 Å². The first-order valence-corrected chi connectivity index (χ1v) is 8.31. The highest BCUT2D eigenvalue weighted by Crippen LogP contribution is 2.26. The number of hydrogen-bond donors (Lipinski definition) is 1. The molecule has 9 heteroatoms. The van der Waals surface area contributed by atoms with Crippen LogP contribution >= 0.6 is 11.3 Å². The van der Waals surface area contributed by atoms with Crippen LogP contribution in [-0.2, 0) is 9.59 Å². The van der Waals surface area contributed by atoms with Crippen LogP contribution < -0.4 is 10.1 Å². The molecule has 0 bridgehead atoms. The van der Waals surface area contributed by atoms with E-state index in [0.29, 0.717) is 5.13 Å².